The monoisotopic (exact) mass is 467 g/mol. The molecule has 9 heteroatoms. The van der Waals surface area contributed by atoms with E-state index < -0.39 is 11.9 Å². The molecule has 33 heavy (non-hydrogen) atoms. The fourth-order valence-electron chi connectivity index (χ4n) is 3.10. The van der Waals surface area contributed by atoms with Gasteiger partial charge in [0.2, 0.25) is 0 Å². The minimum absolute atomic E-state index is 0.0984. The lowest BCUT2D eigenvalue weighted by molar-refractivity contribution is 0.0729. The molecular weight excluding hydrogens is 445 g/mol. The van der Waals surface area contributed by atoms with Crippen LogP contribution in [0.3, 0.4) is 0 Å². The third-order valence-corrected chi connectivity index (χ3v) is 6.11. The van der Waals surface area contributed by atoms with Gasteiger partial charge in [0, 0.05) is 0 Å². The molecule has 2 aliphatic rings. The van der Waals surface area contributed by atoms with E-state index in [0.717, 1.165) is 31.6 Å². The van der Waals surface area contributed by atoms with Crippen LogP contribution in [0.15, 0.2) is 54.6 Å². The number of hydrogen-bond donors (Lipinski definition) is 0. The van der Waals surface area contributed by atoms with Gasteiger partial charge in [-0.05, 0) is 69.2 Å². The molecule has 3 heterocycles. The van der Waals surface area contributed by atoms with E-state index in [1.54, 1.807) is 36.4 Å². The summed E-state index contributed by atoms with van der Waals surface area (Å²) in [5.41, 5.74) is 1.26. The predicted octanol–water partition coefficient (Wildman–Crippen LogP) is 3.66. The number of carbonyl (C=O) groups is 2. The molecule has 8 nitrogen and oxygen atoms in total. The molecule has 3 aromatic rings. The van der Waals surface area contributed by atoms with Crippen LogP contribution >= 0.6 is 8.35 Å². The highest BCUT2D eigenvalue weighted by Crippen LogP contribution is 2.24. The van der Waals surface area contributed by atoms with E-state index in [2.05, 4.69) is 4.75 Å². The summed E-state index contributed by atoms with van der Waals surface area (Å²) in [5, 5.41) is 0.311. The molecule has 2 aliphatic heterocycles. The summed E-state index contributed by atoms with van der Waals surface area (Å²) in [7, 11) is -0.208. The van der Waals surface area contributed by atoms with E-state index in [-0.39, 0.29) is 20.1 Å². The Morgan fingerprint density at radius 3 is 2.15 bits per heavy atom. The van der Waals surface area contributed by atoms with Gasteiger partial charge in [-0.15, -0.1) is 0 Å². The van der Waals surface area contributed by atoms with E-state index >= 15 is 0 Å². The van der Waals surface area contributed by atoms with Gasteiger partial charge in [-0.25, -0.2) is 14.3 Å². The highest BCUT2D eigenvalue weighted by Gasteiger charge is 2.23. The summed E-state index contributed by atoms with van der Waals surface area (Å²) in [6.45, 7) is 2.08. The van der Waals surface area contributed by atoms with E-state index in [1.165, 1.54) is 6.07 Å². The summed E-state index contributed by atoms with van der Waals surface area (Å²) in [5.74, 6) is 0.322. The van der Waals surface area contributed by atoms with Crippen LogP contribution in [-0.2, 0) is 15.9 Å². The highest BCUT2D eigenvalue weighted by atomic mass is 31.0. The second-order valence-electron chi connectivity index (χ2n) is 7.82. The Morgan fingerprint density at radius 1 is 0.879 bits per heavy atom. The summed E-state index contributed by atoms with van der Waals surface area (Å²) >= 11 is 0. The lowest BCUT2D eigenvalue weighted by Gasteiger charge is -2.06. The average molecular weight is 467 g/mol. The molecule has 0 radical (unpaired) electrons. The standard InChI is InChI=1S/C24H22NO7P/c26-23(31-17-4-1-15(2-5-17)3-6-19-12-29-19)21-11-22(33-25-21)24(27)32-18-9-7-16(8-10-18)28-13-20-14-30-20/h1-2,4-5,7-11,19-20,33H,3,6,12-14H2. The zero-order chi connectivity index (χ0) is 22.6. The Hall–Kier alpha value is -3.19. The lowest BCUT2D eigenvalue weighted by atomic mass is 10.1. The molecule has 3 unspecified atom stereocenters. The fourth-order valence-corrected chi connectivity index (χ4v) is 3.84. The van der Waals surface area contributed by atoms with Crippen molar-refractivity contribution in [3.8, 4) is 17.2 Å². The normalized spacial score (nSPS) is 18.7. The van der Waals surface area contributed by atoms with Crippen LogP contribution in [0, 0.1) is 0 Å². The number of rotatable bonds is 10. The maximum absolute atomic E-state index is 12.4. The first-order chi connectivity index (χ1) is 16.1. The number of epoxide rings is 2. The largest absolute Gasteiger partial charge is 0.491 e. The van der Waals surface area contributed by atoms with Gasteiger partial charge in [-0.3, -0.25) is 0 Å². The Bertz CT molecular complexity index is 1030. The highest BCUT2D eigenvalue weighted by molar-refractivity contribution is 7.28. The number of aromatic nitrogens is 1. The predicted molar refractivity (Wildman–Crippen MR) is 120 cm³/mol. The van der Waals surface area contributed by atoms with Gasteiger partial charge in [0.1, 0.15) is 30.0 Å². The van der Waals surface area contributed by atoms with E-state index in [1.807, 2.05) is 12.1 Å². The first-order valence-corrected chi connectivity index (χ1v) is 11.6. The van der Waals surface area contributed by atoms with Gasteiger partial charge >= 0.3 is 11.9 Å². The average Bonchev–Trinajstić information content (AvgIpc) is 3.77. The van der Waals surface area contributed by atoms with Crippen LogP contribution in [0.25, 0.3) is 0 Å². The second-order valence-corrected chi connectivity index (χ2v) is 8.81. The molecule has 0 spiro atoms. The van der Waals surface area contributed by atoms with Crippen LogP contribution in [0.5, 0.6) is 17.2 Å². The van der Waals surface area contributed by atoms with Crippen LogP contribution < -0.4 is 14.2 Å². The van der Waals surface area contributed by atoms with Crippen molar-refractivity contribution in [3.05, 3.63) is 71.1 Å². The molecule has 2 fully saturated rings. The van der Waals surface area contributed by atoms with Crippen molar-refractivity contribution < 1.29 is 33.3 Å². The number of aryl methyl sites for hydroxylation is 1. The SMILES string of the molecule is O=C(Oc1ccc(CCC2CO2)cc1)c1cc(C(=O)Oc2ccc(OCC3CO3)cc2)[pH]n1. The summed E-state index contributed by atoms with van der Waals surface area (Å²) in [4.78, 5) is 24.9. The van der Waals surface area contributed by atoms with Crippen LogP contribution in [0.2, 0.25) is 0 Å². The van der Waals surface area contributed by atoms with Gasteiger partial charge in [0.15, 0.2) is 5.69 Å². The van der Waals surface area contributed by atoms with Crippen molar-refractivity contribution in [1.82, 2.24) is 4.75 Å². The molecule has 170 valence electrons. The van der Waals surface area contributed by atoms with Crippen LogP contribution in [-0.4, -0.2) is 48.7 Å². The summed E-state index contributed by atoms with van der Waals surface area (Å²) < 4.78 is 30.8. The molecule has 3 atom stereocenters. The Balaban J connectivity index is 1.12. The van der Waals surface area contributed by atoms with Gasteiger partial charge in [0.05, 0.1) is 24.6 Å². The number of ether oxygens (including phenoxy) is 5. The van der Waals surface area contributed by atoms with Crippen molar-refractivity contribution in [2.75, 3.05) is 19.8 Å². The van der Waals surface area contributed by atoms with Crippen molar-refractivity contribution in [3.63, 3.8) is 0 Å². The second kappa shape index (κ2) is 9.75. The first-order valence-electron chi connectivity index (χ1n) is 10.7. The summed E-state index contributed by atoms with van der Waals surface area (Å²) in [6.07, 6.45) is 2.48. The number of hydrogen-bond acceptors (Lipinski definition) is 8. The third kappa shape index (κ3) is 6.20. The van der Waals surface area contributed by atoms with Crippen molar-refractivity contribution in [1.29, 1.82) is 0 Å². The van der Waals surface area contributed by atoms with E-state index in [4.69, 9.17) is 23.7 Å². The molecule has 1 aromatic heterocycles. The van der Waals surface area contributed by atoms with Gasteiger partial charge in [0.25, 0.3) is 0 Å². The Kier molecular flexibility index (Phi) is 6.39. The quantitative estimate of drug-likeness (QED) is 0.253. The summed E-state index contributed by atoms with van der Waals surface area (Å²) in [6, 6.07) is 15.5. The molecule has 0 N–H and O–H groups in total. The zero-order valence-corrected chi connectivity index (χ0v) is 18.7. The first kappa shape index (κ1) is 21.6. The van der Waals surface area contributed by atoms with Crippen LogP contribution in [0.1, 0.15) is 32.6 Å². The lowest BCUT2D eigenvalue weighted by Crippen LogP contribution is -2.09. The van der Waals surface area contributed by atoms with Crippen molar-refractivity contribution in [2.24, 2.45) is 0 Å². The maximum atomic E-state index is 12.4. The number of carbonyl (C=O) groups excluding carboxylic acids is 2. The van der Waals surface area contributed by atoms with Crippen LogP contribution in [0.4, 0.5) is 0 Å². The Morgan fingerprint density at radius 2 is 1.48 bits per heavy atom. The van der Waals surface area contributed by atoms with Gasteiger partial charge in [-0.2, -0.15) is 0 Å². The third-order valence-electron chi connectivity index (χ3n) is 5.17. The molecule has 2 saturated heterocycles. The molecule has 0 saturated carbocycles. The van der Waals surface area contributed by atoms with E-state index in [0.29, 0.717) is 35.3 Å². The minimum atomic E-state index is -0.606. The van der Waals surface area contributed by atoms with Gasteiger partial charge in [-0.1, -0.05) is 12.1 Å². The Labute approximate surface area is 191 Å². The molecule has 0 aliphatic carbocycles. The minimum Gasteiger partial charge on any atom is -0.491 e. The number of esters is 2. The molecule has 0 amide bonds. The van der Waals surface area contributed by atoms with Gasteiger partial charge < -0.3 is 23.7 Å². The smallest absolute Gasteiger partial charge is 0.362 e. The topological polar surface area (TPSA) is 99.8 Å². The molecule has 2 aromatic carbocycles. The van der Waals surface area contributed by atoms with E-state index in [9.17, 15) is 9.59 Å². The van der Waals surface area contributed by atoms with Crippen molar-refractivity contribution >= 4 is 20.3 Å². The fraction of sp³-hybridized carbons (Fsp3) is 0.292. The molecule has 5 rings (SSSR count). The molecular formula is C24H22NO7P. The number of benzene rings is 2. The number of nitrogens with zero attached hydrogens (tertiary/aromatic N) is 1. The molecule has 0 bridgehead atoms. The van der Waals surface area contributed by atoms with Crippen molar-refractivity contribution in [2.45, 2.75) is 25.0 Å². The zero-order valence-electron chi connectivity index (χ0n) is 17.7. The maximum Gasteiger partial charge on any atom is 0.362 e.